The Labute approximate surface area is 109 Å². The summed E-state index contributed by atoms with van der Waals surface area (Å²) in [4.78, 5) is 0.156. The highest BCUT2D eigenvalue weighted by molar-refractivity contribution is 7.89. The maximum absolute atomic E-state index is 12.3. The van der Waals surface area contributed by atoms with Gasteiger partial charge in [-0.25, -0.2) is 13.1 Å². The number of para-hydroxylation sites is 1. The van der Waals surface area contributed by atoms with Gasteiger partial charge < -0.3 is 5.73 Å². The van der Waals surface area contributed by atoms with Gasteiger partial charge in [-0.3, -0.25) is 0 Å². The van der Waals surface area contributed by atoms with Gasteiger partial charge in [-0.1, -0.05) is 39.8 Å². The monoisotopic (exact) mass is 268 g/mol. The number of benzene rings is 1. The Morgan fingerprint density at radius 1 is 1.11 bits per heavy atom. The predicted octanol–water partition coefficient (Wildman–Crippen LogP) is 1.98. The number of hydrogen-bond acceptors (Lipinski definition) is 3. The topological polar surface area (TPSA) is 72.2 Å². The SMILES string of the molecule is CC1(C)C(NS(=O)(=O)c2ccccc2N)C1(C)C. The minimum atomic E-state index is -3.54. The van der Waals surface area contributed by atoms with Crippen LogP contribution in [0.5, 0.6) is 0 Å². The molecule has 4 nitrogen and oxygen atoms in total. The summed E-state index contributed by atoms with van der Waals surface area (Å²) < 4.78 is 27.3. The molecule has 2 rings (SSSR count). The van der Waals surface area contributed by atoms with Crippen LogP contribution >= 0.6 is 0 Å². The Morgan fingerprint density at radius 2 is 1.61 bits per heavy atom. The van der Waals surface area contributed by atoms with E-state index in [4.69, 9.17) is 5.73 Å². The number of rotatable bonds is 3. The normalized spacial score (nSPS) is 21.8. The van der Waals surface area contributed by atoms with Gasteiger partial charge in [0.15, 0.2) is 0 Å². The Kier molecular flexibility index (Phi) is 2.76. The van der Waals surface area contributed by atoms with Crippen molar-refractivity contribution in [2.24, 2.45) is 10.8 Å². The van der Waals surface area contributed by atoms with Crippen LogP contribution in [0.1, 0.15) is 27.7 Å². The molecule has 5 heteroatoms. The van der Waals surface area contributed by atoms with E-state index in [1.807, 2.05) is 0 Å². The van der Waals surface area contributed by atoms with Gasteiger partial charge in [-0.2, -0.15) is 0 Å². The molecular formula is C13H20N2O2S. The largest absolute Gasteiger partial charge is 0.398 e. The molecule has 0 aromatic heterocycles. The summed E-state index contributed by atoms with van der Waals surface area (Å²) in [5.74, 6) is 0. The second-order valence-electron chi connectivity index (χ2n) is 6.04. The molecule has 1 fully saturated rings. The molecule has 0 spiro atoms. The van der Waals surface area contributed by atoms with Gasteiger partial charge in [-0.05, 0) is 23.0 Å². The molecule has 3 N–H and O–H groups in total. The first-order chi connectivity index (χ1) is 8.11. The average molecular weight is 268 g/mol. The van der Waals surface area contributed by atoms with E-state index in [9.17, 15) is 8.42 Å². The van der Waals surface area contributed by atoms with Crippen molar-refractivity contribution in [3.8, 4) is 0 Å². The Morgan fingerprint density at radius 3 is 2.06 bits per heavy atom. The molecule has 0 atom stereocenters. The molecule has 100 valence electrons. The van der Waals surface area contributed by atoms with Crippen LogP contribution < -0.4 is 10.5 Å². The molecule has 1 aliphatic rings. The molecular weight excluding hydrogens is 248 g/mol. The molecule has 1 aromatic carbocycles. The lowest BCUT2D eigenvalue weighted by molar-refractivity contribution is 0.457. The molecule has 1 aromatic rings. The molecule has 0 aliphatic heterocycles. The molecule has 0 saturated heterocycles. The lowest BCUT2D eigenvalue weighted by Crippen LogP contribution is -2.30. The van der Waals surface area contributed by atoms with Gasteiger partial charge in [0.25, 0.3) is 0 Å². The maximum atomic E-state index is 12.3. The van der Waals surface area contributed by atoms with Gasteiger partial charge in [-0.15, -0.1) is 0 Å². The van der Waals surface area contributed by atoms with Crippen molar-refractivity contribution < 1.29 is 8.42 Å². The van der Waals surface area contributed by atoms with Gasteiger partial charge in [0.2, 0.25) is 10.0 Å². The van der Waals surface area contributed by atoms with Crippen LogP contribution in [0.15, 0.2) is 29.2 Å². The summed E-state index contributed by atoms with van der Waals surface area (Å²) in [5.41, 5.74) is 5.92. The third-order valence-electron chi connectivity index (χ3n) is 4.50. The standard InChI is InChI=1S/C13H20N2O2S/c1-12(2)11(13(12,3)4)15-18(16,17)10-8-6-5-7-9(10)14/h5-8,11,15H,14H2,1-4H3. The third-order valence-corrected chi connectivity index (χ3v) is 6.00. The van der Waals surface area contributed by atoms with Gasteiger partial charge in [0, 0.05) is 6.04 Å². The number of nitrogen functional groups attached to an aromatic ring is 1. The highest BCUT2D eigenvalue weighted by Gasteiger charge is 2.66. The van der Waals surface area contributed by atoms with Crippen molar-refractivity contribution >= 4 is 15.7 Å². The van der Waals surface area contributed by atoms with Crippen molar-refractivity contribution in [2.75, 3.05) is 5.73 Å². The van der Waals surface area contributed by atoms with Crippen molar-refractivity contribution in [1.29, 1.82) is 0 Å². The number of anilines is 1. The number of nitrogens with one attached hydrogen (secondary N) is 1. The summed E-state index contributed by atoms with van der Waals surface area (Å²) >= 11 is 0. The summed E-state index contributed by atoms with van der Waals surface area (Å²) in [7, 11) is -3.54. The quantitative estimate of drug-likeness (QED) is 0.823. The highest BCUT2D eigenvalue weighted by atomic mass is 32.2. The minimum Gasteiger partial charge on any atom is -0.398 e. The van der Waals surface area contributed by atoms with E-state index in [0.717, 1.165) is 0 Å². The van der Waals surface area contributed by atoms with Crippen LogP contribution in [0.4, 0.5) is 5.69 Å². The average Bonchev–Trinajstić information content (AvgIpc) is 2.61. The zero-order valence-corrected chi connectivity index (χ0v) is 12.0. The predicted molar refractivity (Wildman–Crippen MR) is 72.5 cm³/mol. The number of hydrogen-bond donors (Lipinski definition) is 2. The van der Waals surface area contributed by atoms with Crippen molar-refractivity contribution in [3.63, 3.8) is 0 Å². The van der Waals surface area contributed by atoms with E-state index < -0.39 is 10.0 Å². The maximum Gasteiger partial charge on any atom is 0.242 e. The van der Waals surface area contributed by atoms with Crippen LogP contribution in [-0.2, 0) is 10.0 Å². The smallest absolute Gasteiger partial charge is 0.242 e. The lowest BCUT2D eigenvalue weighted by atomic mass is 10.0. The lowest BCUT2D eigenvalue weighted by Gasteiger charge is -2.10. The Balaban J connectivity index is 2.29. The van der Waals surface area contributed by atoms with E-state index in [2.05, 4.69) is 32.4 Å². The summed E-state index contributed by atoms with van der Waals surface area (Å²) in [5, 5.41) is 0. The molecule has 1 aliphatic carbocycles. The zero-order chi connectivity index (χ0) is 13.8. The Bertz CT molecular complexity index is 562. The molecule has 0 radical (unpaired) electrons. The zero-order valence-electron chi connectivity index (χ0n) is 11.2. The minimum absolute atomic E-state index is 0.0381. The molecule has 0 amide bonds. The van der Waals surface area contributed by atoms with Crippen LogP contribution in [0, 0.1) is 10.8 Å². The van der Waals surface area contributed by atoms with Gasteiger partial charge in [0.1, 0.15) is 4.90 Å². The molecule has 1 saturated carbocycles. The second-order valence-corrected chi connectivity index (χ2v) is 7.72. The molecule has 0 unspecified atom stereocenters. The van der Waals surface area contributed by atoms with Crippen molar-refractivity contribution in [1.82, 2.24) is 4.72 Å². The fourth-order valence-corrected chi connectivity index (χ4v) is 4.10. The fraction of sp³-hybridized carbons (Fsp3) is 0.538. The molecule has 18 heavy (non-hydrogen) atoms. The first-order valence-electron chi connectivity index (χ1n) is 5.97. The molecule has 0 heterocycles. The van der Waals surface area contributed by atoms with Gasteiger partial charge in [0.05, 0.1) is 5.69 Å². The Hall–Kier alpha value is -1.07. The second kappa shape index (κ2) is 3.71. The first-order valence-corrected chi connectivity index (χ1v) is 7.46. The van der Waals surface area contributed by atoms with Crippen molar-refractivity contribution in [2.45, 2.75) is 38.6 Å². The van der Waals surface area contributed by atoms with E-state index in [0.29, 0.717) is 0 Å². The van der Waals surface area contributed by atoms with E-state index in [-0.39, 0.29) is 27.5 Å². The first kappa shape index (κ1) is 13.4. The van der Waals surface area contributed by atoms with Crippen molar-refractivity contribution in [3.05, 3.63) is 24.3 Å². The summed E-state index contributed by atoms with van der Waals surface area (Å²) in [6.45, 7) is 8.26. The molecule has 0 bridgehead atoms. The number of nitrogens with two attached hydrogens (primary N) is 1. The van der Waals surface area contributed by atoms with Crippen LogP contribution in [0.2, 0.25) is 0 Å². The fourth-order valence-electron chi connectivity index (χ4n) is 2.43. The van der Waals surface area contributed by atoms with Gasteiger partial charge >= 0.3 is 0 Å². The number of sulfonamides is 1. The van der Waals surface area contributed by atoms with E-state index in [1.54, 1.807) is 18.2 Å². The highest BCUT2D eigenvalue weighted by Crippen LogP contribution is 2.62. The summed E-state index contributed by atoms with van der Waals surface area (Å²) in [6, 6.07) is 6.46. The van der Waals surface area contributed by atoms with Crippen LogP contribution in [-0.4, -0.2) is 14.5 Å². The van der Waals surface area contributed by atoms with E-state index in [1.165, 1.54) is 6.07 Å². The van der Waals surface area contributed by atoms with Crippen LogP contribution in [0.3, 0.4) is 0 Å². The summed E-state index contributed by atoms with van der Waals surface area (Å²) in [6.07, 6.45) is 0. The third kappa shape index (κ3) is 1.82. The van der Waals surface area contributed by atoms with E-state index >= 15 is 0 Å². The van der Waals surface area contributed by atoms with Crippen LogP contribution in [0.25, 0.3) is 0 Å².